The second-order valence-electron chi connectivity index (χ2n) is 12.9. The predicted molar refractivity (Wildman–Crippen MR) is 214 cm³/mol. The van der Waals surface area contributed by atoms with Gasteiger partial charge in [-0.3, -0.25) is 0 Å². The normalized spacial score (nSPS) is 11.6. The van der Waals surface area contributed by atoms with Gasteiger partial charge in [-0.1, -0.05) is 127 Å². The molecular weight excluding hydrogens is 641 g/mol. The summed E-state index contributed by atoms with van der Waals surface area (Å²) >= 11 is 1.84. The minimum absolute atomic E-state index is 0.625. The molecule has 0 radical (unpaired) electrons. The fourth-order valence-electron chi connectivity index (χ4n) is 7.37. The lowest BCUT2D eigenvalue weighted by Gasteiger charge is -2.17. The number of fused-ring (bicyclic) bond motifs is 6. The first-order valence-electron chi connectivity index (χ1n) is 17.1. The third-order valence-corrected chi connectivity index (χ3v) is 10.9. The fourth-order valence-corrected chi connectivity index (χ4v) is 8.50. The zero-order valence-corrected chi connectivity index (χ0v) is 28.6. The Morgan fingerprint density at radius 2 is 1.06 bits per heavy atom. The molecule has 51 heavy (non-hydrogen) atoms. The molecule has 7 aromatic carbocycles. The van der Waals surface area contributed by atoms with Crippen molar-refractivity contribution in [1.82, 2.24) is 19.5 Å². The summed E-state index contributed by atoms with van der Waals surface area (Å²) in [5.41, 5.74) is 9.65. The molecule has 0 spiro atoms. The molecule has 3 heterocycles. The number of benzene rings is 7. The highest BCUT2D eigenvalue weighted by atomic mass is 32.1. The van der Waals surface area contributed by atoms with Crippen LogP contribution in [0.1, 0.15) is 5.56 Å². The van der Waals surface area contributed by atoms with Gasteiger partial charge in [0.15, 0.2) is 17.5 Å². The van der Waals surface area contributed by atoms with E-state index in [0.29, 0.717) is 17.5 Å². The number of para-hydroxylation sites is 1. The maximum atomic E-state index is 5.25. The second-order valence-corrected chi connectivity index (χ2v) is 14.0. The maximum absolute atomic E-state index is 5.25. The van der Waals surface area contributed by atoms with Gasteiger partial charge in [0.1, 0.15) is 0 Å². The molecule has 0 aliphatic rings. The highest BCUT2D eigenvalue weighted by Gasteiger charge is 2.21. The molecule has 5 heteroatoms. The van der Waals surface area contributed by atoms with Gasteiger partial charge in [-0.2, -0.15) is 0 Å². The van der Waals surface area contributed by atoms with E-state index in [1.807, 2.05) is 47.7 Å². The van der Waals surface area contributed by atoms with Gasteiger partial charge in [-0.25, -0.2) is 15.0 Å². The van der Waals surface area contributed by atoms with Crippen molar-refractivity contribution in [2.75, 3.05) is 0 Å². The molecule has 0 aliphatic carbocycles. The lowest BCUT2D eigenvalue weighted by Crippen LogP contribution is -2.04. The molecule has 3 aromatic heterocycles. The topological polar surface area (TPSA) is 43.6 Å². The van der Waals surface area contributed by atoms with E-state index in [9.17, 15) is 0 Å². The molecule has 0 atom stereocenters. The number of hydrogen-bond donors (Lipinski definition) is 0. The fraction of sp³-hybridized carbons (Fsp3) is 0.0217. The van der Waals surface area contributed by atoms with Crippen LogP contribution in [-0.4, -0.2) is 19.5 Å². The third kappa shape index (κ3) is 4.93. The van der Waals surface area contributed by atoms with Gasteiger partial charge in [-0.05, 0) is 60.5 Å². The molecule has 240 valence electrons. The Morgan fingerprint density at radius 3 is 1.82 bits per heavy atom. The Morgan fingerprint density at radius 1 is 0.431 bits per heavy atom. The van der Waals surface area contributed by atoms with Crippen molar-refractivity contribution in [3.63, 3.8) is 0 Å². The Kier molecular flexibility index (Phi) is 6.86. The summed E-state index contributed by atoms with van der Waals surface area (Å²) in [5, 5.41) is 4.98. The van der Waals surface area contributed by atoms with Crippen molar-refractivity contribution in [3.8, 4) is 51.0 Å². The Bertz CT molecular complexity index is 2870. The van der Waals surface area contributed by atoms with E-state index in [1.54, 1.807) is 0 Å². The largest absolute Gasteiger partial charge is 0.309 e. The van der Waals surface area contributed by atoms with Gasteiger partial charge in [0.2, 0.25) is 0 Å². The van der Waals surface area contributed by atoms with Crippen LogP contribution in [0.3, 0.4) is 0 Å². The van der Waals surface area contributed by atoms with Crippen LogP contribution >= 0.6 is 11.3 Å². The molecule has 0 bridgehead atoms. The number of nitrogens with zero attached hydrogens (tertiary/aromatic N) is 4. The van der Waals surface area contributed by atoms with Crippen LogP contribution in [0.4, 0.5) is 0 Å². The van der Waals surface area contributed by atoms with Gasteiger partial charge in [0.05, 0.1) is 16.7 Å². The van der Waals surface area contributed by atoms with Crippen LogP contribution in [0.25, 0.3) is 93.0 Å². The van der Waals surface area contributed by atoms with E-state index in [2.05, 4.69) is 139 Å². The SMILES string of the molecule is Cc1ccc2c(c1)c1ccccc1n2-c1ccc(-c2cccc3sc4ccccc4c23)cc1-c1nc(-c2ccccc2)nc(-c2ccccc2)n1. The summed E-state index contributed by atoms with van der Waals surface area (Å²) in [7, 11) is 0. The van der Waals surface area contributed by atoms with Crippen molar-refractivity contribution in [1.29, 1.82) is 0 Å². The summed E-state index contributed by atoms with van der Waals surface area (Å²) in [5.74, 6) is 1.90. The minimum Gasteiger partial charge on any atom is -0.309 e. The smallest absolute Gasteiger partial charge is 0.166 e. The number of rotatable bonds is 5. The summed E-state index contributed by atoms with van der Waals surface area (Å²) < 4.78 is 4.93. The molecular formula is C46H30N4S. The first kappa shape index (κ1) is 29.5. The van der Waals surface area contributed by atoms with Crippen LogP contribution in [0, 0.1) is 6.92 Å². The van der Waals surface area contributed by atoms with E-state index >= 15 is 0 Å². The number of thiophene rings is 1. The van der Waals surface area contributed by atoms with Crippen LogP contribution in [0.15, 0.2) is 164 Å². The first-order chi connectivity index (χ1) is 25.2. The minimum atomic E-state index is 0.625. The van der Waals surface area contributed by atoms with Crippen LogP contribution in [0.5, 0.6) is 0 Å². The van der Waals surface area contributed by atoms with Crippen LogP contribution < -0.4 is 0 Å². The van der Waals surface area contributed by atoms with Gasteiger partial charge in [0.25, 0.3) is 0 Å². The third-order valence-electron chi connectivity index (χ3n) is 9.72. The summed E-state index contributed by atoms with van der Waals surface area (Å²) in [4.78, 5) is 15.5. The molecule has 10 rings (SSSR count). The van der Waals surface area contributed by atoms with Crippen molar-refractivity contribution < 1.29 is 0 Å². The monoisotopic (exact) mass is 670 g/mol. The van der Waals surface area contributed by atoms with Gasteiger partial charge >= 0.3 is 0 Å². The zero-order chi connectivity index (χ0) is 33.9. The molecule has 10 aromatic rings. The quantitative estimate of drug-likeness (QED) is 0.183. The number of aryl methyl sites for hydroxylation is 1. The van der Waals surface area contributed by atoms with E-state index in [-0.39, 0.29) is 0 Å². The van der Waals surface area contributed by atoms with Crippen LogP contribution in [-0.2, 0) is 0 Å². The maximum Gasteiger partial charge on any atom is 0.166 e. The Balaban J connectivity index is 1.31. The summed E-state index contributed by atoms with van der Waals surface area (Å²) in [6.45, 7) is 2.15. The number of aromatic nitrogens is 4. The summed E-state index contributed by atoms with van der Waals surface area (Å²) in [6.07, 6.45) is 0. The highest BCUT2D eigenvalue weighted by Crippen LogP contribution is 2.43. The first-order valence-corrected chi connectivity index (χ1v) is 17.9. The highest BCUT2D eigenvalue weighted by molar-refractivity contribution is 7.25. The van der Waals surface area contributed by atoms with Gasteiger partial charge in [0, 0.05) is 47.6 Å². The number of hydrogen-bond acceptors (Lipinski definition) is 4. The van der Waals surface area contributed by atoms with Crippen molar-refractivity contribution in [2.45, 2.75) is 6.92 Å². The van der Waals surface area contributed by atoms with E-state index in [4.69, 9.17) is 15.0 Å². The average molecular weight is 671 g/mol. The molecule has 0 N–H and O–H groups in total. The molecule has 0 saturated carbocycles. The molecule has 0 unspecified atom stereocenters. The Labute approximate surface area is 299 Å². The molecule has 4 nitrogen and oxygen atoms in total. The molecule has 0 saturated heterocycles. The van der Waals surface area contributed by atoms with Crippen molar-refractivity contribution in [3.05, 3.63) is 169 Å². The van der Waals surface area contributed by atoms with E-state index in [0.717, 1.165) is 39.0 Å². The van der Waals surface area contributed by atoms with E-state index < -0.39 is 0 Å². The standard InChI is InChI=1S/C46H30N4S/c1-29-23-25-39-36(27-29)34-17-8-10-20-38(34)50(39)40-26-24-32(33-19-12-22-42-43(33)35-18-9-11-21-41(35)51-42)28-37(40)46-48-44(30-13-4-2-5-14-30)47-45(49-46)31-15-6-3-7-16-31/h2-28H,1H3. The lowest BCUT2D eigenvalue weighted by atomic mass is 9.96. The van der Waals surface area contributed by atoms with Crippen molar-refractivity contribution in [2.24, 2.45) is 0 Å². The molecule has 0 amide bonds. The van der Waals surface area contributed by atoms with Crippen molar-refractivity contribution >= 4 is 53.3 Å². The predicted octanol–water partition coefficient (Wildman–Crippen LogP) is 12.3. The molecule has 0 fully saturated rings. The van der Waals surface area contributed by atoms with Crippen LogP contribution in [0.2, 0.25) is 0 Å². The van der Waals surface area contributed by atoms with Gasteiger partial charge in [-0.15, -0.1) is 11.3 Å². The lowest BCUT2D eigenvalue weighted by molar-refractivity contribution is 1.06. The summed E-state index contributed by atoms with van der Waals surface area (Å²) in [6, 6.07) is 57.9. The zero-order valence-electron chi connectivity index (χ0n) is 27.8. The van der Waals surface area contributed by atoms with Gasteiger partial charge < -0.3 is 4.57 Å². The second kappa shape index (κ2) is 11.9. The average Bonchev–Trinajstić information content (AvgIpc) is 3.74. The molecule has 0 aliphatic heterocycles. The van der Waals surface area contributed by atoms with E-state index in [1.165, 1.54) is 42.1 Å². The Hall–Kier alpha value is -6.43.